The van der Waals surface area contributed by atoms with Crippen LogP contribution in [0.15, 0.2) is 24.3 Å². The smallest absolute Gasteiger partial charge is 0.326 e. The number of hydrogen-bond acceptors (Lipinski definition) is 2. The molecule has 0 amide bonds. The molecule has 0 unspecified atom stereocenters. The van der Waals surface area contributed by atoms with Crippen LogP contribution in [0.3, 0.4) is 0 Å². The summed E-state index contributed by atoms with van der Waals surface area (Å²) in [4.78, 5) is 11.4. The minimum atomic E-state index is -0.751. The van der Waals surface area contributed by atoms with Gasteiger partial charge in [0.15, 0.2) is 0 Å². The van der Waals surface area contributed by atoms with E-state index in [0.29, 0.717) is 0 Å². The van der Waals surface area contributed by atoms with Gasteiger partial charge in [0.05, 0.1) is 0 Å². The van der Waals surface area contributed by atoms with E-state index in [1.165, 1.54) is 16.7 Å². The quantitative estimate of drug-likeness (QED) is 0.746. The molecule has 1 aliphatic carbocycles. The van der Waals surface area contributed by atoms with Gasteiger partial charge in [0.2, 0.25) is 0 Å². The van der Waals surface area contributed by atoms with Crippen LogP contribution in [-0.2, 0) is 4.79 Å². The Morgan fingerprint density at radius 2 is 2.17 bits per heavy atom. The van der Waals surface area contributed by atoms with E-state index in [0.717, 1.165) is 12.1 Å². The van der Waals surface area contributed by atoms with Crippen molar-refractivity contribution in [2.45, 2.75) is 32.2 Å². The van der Waals surface area contributed by atoms with Crippen molar-refractivity contribution in [1.29, 1.82) is 0 Å². The average Bonchev–Trinajstić information content (AvgIpc) is 2.75. The standard InChI is InChI=1S/C15H17NO2/c1-8-6-9(2)13-10-4-3-5-11(10)14(15(17)18)16-12(13)7-8/h3-4,6-7,10-11,14,16H,5H2,1-2H3,(H,17,18)/t10-,11+,14-/m1/s1. The number of rotatable bonds is 1. The first kappa shape index (κ1) is 11.3. The molecule has 1 aromatic rings. The van der Waals surface area contributed by atoms with Crippen LogP contribution >= 0.6 is 0 Å². The molecule has 0 saturated heterocycles. The van der Waals surface area contributed by atoms with Crippen LogP contribution in [0.2, 0.25) is 0 Å². The maximum Gasteiger partial charge on any atom is 0.326 e. The van der Waals surface area contributed by atoms with Crippen molar-refractivity contribution >= 4 is 11.7 Å². The maximum atomic E-state index is 11.4. The Bertz CT molecular complexity index is 548. The third kappa shape index (κ3) is 1.54. The molecule has 3 atom stereocenters. The van der Waals surface area contributed by atoms with Gasteiger partial charge in [-0.3, -0.25) is 0 Å². The third-order valence-electron chi connectivity index (χ3n) is 4.08. The molecule has 18 heavy (non-hydrogen) atoms. The summed E-state index contributed by atoms with van der Waals surface area (Å²) < 4.78 is 0. The molecule has 0 aromatic heterocycles. The van der Waals surface area contributed by atoms with E-state index < -0.39 is 12.0 Å². The van der Waals surface area contributed by atoms with Crippen LogP contribution in [0, 0.1) is 19.8 Å². The average molecular weight is 243 g/mol. The lowest BCUT2D eigenvalue weighted by Crippen LogP contribution is -2.42. The Balaban J connectivity index is 2.14. The number of benzene rings is 1. The fraction of sp³-hybridized carbons (Fsp3) is 0.400. The van der Waals surface area contributed by atoms with Crippen molar-refractivity contribution in [3.05, 3.63) is 41.0 Å². The number of hydrogen-bond donors (Lipinski definition) is 2. The Hall–Kier alpha value is -1.77. The summed E-state index contributed by atoms with van der Waals surface area (Å²) in [6, 6.07) is 3.75. The van der Waals surface area contributed by atoms with E-state index >= 15 is 0 Å². The van der Waals surface area contributed by atoms with Gasteiger partial charge in [-0.25, -0.2) is 4.79 Å². The normalized spacial score (nSPS) is 28.4. The summed E-state index contributed by atoms with van der Waals surface area (Å²) >= 11 is 0. The molecule has 3 nitrogen and oxygen atoms in total. The molecule has 0 fully saturated rings. The zero-order valence-corrected chi connectivity index (χ0v) is 10.6. The zero-order chi connectivity index (χ0) is 12.9. The largest absolute Gasteiger partial charge is 0.480 e. The van der Waals surface area contributed by atoms with Crippen LogP contribution < -0.4 is 5.32 Å². The van der Waals surface area contributed by atoms with Gasteiger partial charge < -0.3 is 10.4 Å². The van der Waals surface area contributed by atoms with Gasteiger partial charge in [0, 0.05) is 17.5 Å². The number of nitrogens with one attached hydrogen (secondary N) is 1. The second kappa shape index (κ2) is 3.87. The lowest BCUT2D eigenvalue weighted by atomic mass is 9.77. The molecule has 0 radical (unpaired) electrons. The summed E-state index contributed by atoms with van der Waals surface area (Å²) in [5, 5.41) is 12.6. The van der Waals surface area contributed by atoms with Crippen molar-refractivity contribution in [3.63, 3.8) is 0 Å². The Labute approximate surface area is 107 Å². The van der Waals surface area contributed by atoms with E-state index in [1.54, 1.807) is 0 Å². The van der Waals surface area contributed by atoms with Crippen LogP contribution in [-0.4, -0.2) is 17.1 Å². The number of fused-ring (bicyclic) bond motifs is 3. The van der Waals surface area contributed by atoms with Crippen molar-refractivity contribution in [3.8, 4) is 0 Å². The number of carbonyl (C=O) groups is 1. The molecule has 2 N–H and O–H groups in total. The Morgan fingerprint density at radius 1 is 1.39 bits per heavy atom. The number of aryl methyl sites for hydroxylation is 2. The summed E-state index contributed by atoms with van der Waals surface area (Å²) in [6.45, 7) is 4.15. The molecule has 0 bridgehead atoms. The molecule has 0 spiro atoms. The third-order valence-corrected chi connectivity index (χ3v) is 4.08. The topological polar surface area (TPSA) is 49.3 Å². The number of allylic oxidation sites excluding steroid dienone is 2. The van der Waals surface area contributed by atoms with Crippen molar-refractivity contribution in [1.82, 2.24) is 0 Å². The van der Waals surface area contributed by atoms with Crippen LogP contribution in [0.25, 0.3) is 0 Å². The molecule has 94 valence electrons. The number of carboxylic acid groups (broad SMARTS) is 1. The number of anilines is 1. The molecule has 1 heterocycles. The molecule has 1 aliphatic heterocycles. The first-order valence-electron chi connectivity index (χ1n) is 6.35. The van der Waals surface area contributed by atoms with E-state index in [1.807, 2.05) is 6.92 Å². The Kier molecular flexibility index (Phi) is 2.44. The Morgan fingerprint density at radius 3 is 2.89 bits per heavy atom. The fourth-order valence-electron chi connectivity index (χ4n) is 3.39. The highest BCUT2D eigenvalue weighted by Crippen LogP contribution is 2.46. The minimum absolute atomic E-state index is 0.149. The molecular formula is C15H17NO2. The maximum absolute atomic E-state index is 11.4. The molecule has 1 aromatic carbocycles. The highest BCUT2D eigenvalue weighted by Gasteiger charge is 2.41. The lowest BCUT2D eigenvalue weighted by Gasteiger charge is -2.36. The summed E-state index contributed by atoms with van der Waals surface area (Å²) in [7, 11) is 0. The minimum Gasteiger partial charge on any atom is -0.480 e. The second-order valence-corrected chi connectivity index (χ2v) is 5.36. The van der Waals surface area contributed by atoms with Gasteiger partial charge in [-0.2, -0.15) is 0 Å². The SMILES string of the molecule is Cc1cc(C)c2c(c1)N[C@@H](C(=O)O)[C@H]1CC=C[C@@H]21. The summed E-state index contributed by atoms with van der Waals surface area (Å²) in [5.74, 6) is -0.349. The van der Waals surface area contributed by atoms with Crippen LogP contribution in [0.5, 0.6) is 0 Å². The van der Waals surface area contributed by atoms with Gasteiger partial charge in [-0.1, -0.05) is 18.2 Å². The van der Waals surface area contributed by atoms with Gasteiger partial charge in [0.1, 0.15) is 6.04 Å². The van der Waals surface area contributed by atoms with E-state index in [-0.39, 0.29) is 11.8 Å². The fourth-order valence-corrected chi connectivity index (χ4v) is 3.39. The van der Waals surface area contributed by atoms with Gasteiger partial charge in [-0.05, 0) is 43.0 Å². The van der Waals surface area contributed by atoms with Crippen molar-refractivity contribution in [2.75, 3.05) is 5.32 Å². The molecule has 3 rings (SSSR count). The monoisotopic (exact) mass is 243 g/mol. The van der Waals surface area contributed by atoms with Gasteiger partial charge in [0.25, 0.3) is 0 Å². The van der Waals surface area contributed by atoms with Crippen LogP contribution in [0.1, 0.15) is 29.0 Å². The zero-order valence-electron chi connectivity index (χ0n) is 10.6. The van der Waals surface area contributed by atoms with Gasteiger partial charge in [-0.15, -0.1) is 0 Å². The molecular weight excluding hydrogens is 226 g/mol. The summed E-state index contributed by atoms with van der Waals surface area (Å²) in [6.07, 6.45) is 5.13. The summed E-state index contributed by atoms with van der Waals surface area (Å²) in [5.41, 5.74) is 4.69. The van der Waals surface area contributed by atoms with Crippen molar-refractivity contribution < 1.29 is 9.90 Å². The van der Waals surface area contributed by atoms with Crippen molar-refractivity contribution in [2.24, 2.45) is 5.92 Å². The molecule has 2 aliphatic rings. The molecule has 3 heteroatoms. The van der Waals surface area contributed by atoms with E-state index in [4.69, 9.17) is 0 Å². The first-order valence-corrected chi connectivity index (χ1v) is 6.35. The van der Waals surface area contributed by atoms with Crippen LogP contribution in [0.4, 0.5) is 5.69 Å². The highest BCUT2D eigenvalue weighted by molar-refractivity contribution is 5.81. The number of carboxylic acids is 1. The van der Waals surface area contributed by atoms with Gasteiger partial charge >= 0.3 is 5.97 Å². The highest BCUT2D eigenvalue weighted by atomic mass is 16.4. The first-order chi connectivity index (χ1) is 8.58. The van der Waals surface area contributed by atoms with E-state index in [9.17, 15) is 9.90 Å². The predicted octanol–water partition coefficient (Wildman–Crippen LogP) is 2.84. The lowest BCUT2D eigenvalue weighted by molar-refractivity contribution is -0.139. The number of aliphatic carboxylic acids is 1. The van der Waals surface area contributed by atoms with E-state index in [2.05, 4.69) is 36.5 Å². The second-order valence-electron chi connectivity index (χ2n) is 5.36. The predicted molar refractivity (Wildman–Crippen MR) is 71.0 cm³/mol. The molecule has 0 saturated carbocycles.